The van der Waals surface area contributed by atoms with Crippen molar-refractivity contribution in [3.05, 3.63) is 65.5 Å². The second-order valence-electron chi connectivity index (χ2n) is 11.0. The Hall–Kier alpha value is -3.42. The standard InChI is InChI=1S/C31H40FN3O4/c1-20-10-17-26(23-13-14-23)31(38)35(3)21(2)29(36)34-27(19-22-11-15-25(32)16-12-22)30(37)33-18-6-8-24-7-4-5-9-28(24)39-20/h4-5,7,9,11-12,15-16,20-21,23,26-27H,6,8,10,13-14,17-19H2,1-3H3,(H,33,37)(H,34,36)/t20-,21-,26+,27-/m1/s1. The number of amides is 3. The Balaban J connectivity index is 1.56. The number of likely N-dealkylation sites (N-methyl/N-ethyl adjacent to an activating group) is 1. The molecule has 1 saturated carbocycles. The third-order valence-corrected chi connectivity index (χ3v) is 7.91. The Bertz CT molecular complexity index is 1150. The van der Waals surface area contributed by atoms with Gasteiger partial charge in [-0.05, 0) is 87.6 Å². The lowest BCUT2D eigenvalue weighted by Gasteiger charge is -2.30. The predicted octanol–water partition coefficient (Wildman–Crippen LogP) is 4.04. The molecule has 8 heteroatoms. The van der Waals surface area contributed by atoms with Gasteiger partial charge < -0.3 is 20.3 Å². The molecule has 39 heavy (non-hydrogen) atoms. The minimum Gasteiger partial charge on any atom is -0.490 e. The second-order valence-corrected chi connectivity index (χ2v) is 11.0. The smallest absolute Gasteiger partial charge is 0.243 e. The monoisotopic (exact) mass is 537 g/mol. The first-order chi connectivity index (χ1) is 18.7. The summed E-state index contributed by atoms with van der Waals surface area (Å²) >= 11 is 0. The zero-order chi connectivity index (χ0) is 27.9. The summed E-state index contributed by atoms with van der Waals surface area (Å²) in [7, 11) is 1.66. The van der Waals surface area contributed by atoms with Gasteiger partial charge in [-0.2, -0.15) is 0 Å². The van der Waals surface area contributed by atoms with Gasteiger partial charge in [0.1, 0.15) is 23.7 Å². The zero-order valence-electron chi connectivity index (χ0n) is 23.1. The van der Waals surface area contributed by atoms with Gasteiger partial charge in [0.05, 0.1) is 6.10 Å². The molecule has 1 fully saturated rings. The molecule has 1 heterocycles. The zero-order valence-corrected chi connectivity index (χ0v) is 23.1. The number of ether oxygens (including phenoxy) is 1. The summed E-state index contributed by atoms with van der Waals surface area (Å²) in [5.41, 5.74) is 1.80. The van der Waals surface area contributed by atoms with Gasteiger partial charge in [-0.3, -0.25) is 14.4 Å². The van der Waals surface area contributed by atoms with E-state index in [4.69, 9.17) is 4.74 Å². The minimum absolute atomic E-state index is 0.0478. The molecule has 210 valence electrons. The predicted molar refractivity (Wildman–Crippen MR) is 148 cm³/mol. The summed E-state index contributed by atoms with van der Waals surface area (Å²) in [6, 6.07) is 12.2. The van der Waals surface area contributed by atoms with Gasteiger partial charge in [-0.15, -0.1) is 0 Å². The number of nitrogens with one attached hydrogen (secondary N) is 2. The van der Waals surface area contributed by atoms with Crippen LogP contribution in [0.2, 0.25) is 0 Å². The fraction of sp³-hybridized carbons (Fsp3) is 0.516. The maximum Gasteiger partial charge on any atom is 0.243 e. The molecule has 1 aliphatic heterocycles. The van der Waals surface area contributed by atoms with E-state index in [-0.39, 0.29) is 36.1 Å². The summed E-state index contributed by atoms with van der Waals surface area (Å²) in [5.74, 6) is -0.124. The fourth-order valence-corrected chi connectivity index (χ4v) is 5.17. The first kappa shape index (κ1) is 28.6. The maximum atomic E-state index is 13.5. The van der Waals surface area contributed by atoms with Crippen molar-refractivity contribution in [2.24, 2.45) is 11.8 Å². The molecule has 0 bridgehead atoms. The Morgan fingerprint density at radius 2 is 1.67 bits per heavy atom. The summed E-state index contributed by atoms with van der Waals surface area (Å²) in [6.45, 7) is 4.14. The Morgan fingerprint density at radius 3 is 2.38 bits per heavy atom. The summed E-state index contributed by atoms with van der Waals surface area (Å²) in [5, 5.41) is 5.80. The molecule has 0 radical (unpaired) electrons. The lowest BCUT2D eigenvalue weighted by molar-refractivity contribution is -0.143. The fourth-order valence-electron chi connectivity index (χ4n) is 5.17. The van der Waals surface area contributed by atoms with Crippen LogP contribution < -0.4 is 15.4 Å². The first-order valence-corrected chi connectivity index (χ1v) is 14.1. The van der Waals surface area contributed by atoms with Crippen molar-refractivity contribution in [1.29, 1.82) is 0 Å². The van der Waals surface area contributed by atoms with Gasteiger partial charge in [-0.25, -0.2) is 4.39 Å². The molecule has 4 rings (SSSR count). The SMILES string of the molecule is C[C@@H]1CC[C@@H](C2CC2)C(=O)N(C)[C@H](C)C(=O)N[C@H](Cc2ccc(F)cc2)C(=O)NCCCc2ccccc2O1. The van der Waals surface area contributed by atoms with Crippen LogP contribution in [0.15, 0.2) is 48.5 Å². The molecule has 2 aromatic rings. The third kappa shape index (κ3) is 7.80. The molecular formula is C31H40FN3O4. The van der Waals surface area contributed by atoms with Crippen molar-refractivity contribution in [3.8, 4) is 5.75 Å². The normalized spacial score (nSPS) is 25.9. The molecule has 0 spiro atoms. The number of hydrogen-bond acceptors (Lipinski definition) is 4. The van der Waals surface area contributed by atoms with Crippen molar-refractivity contribution in [2.75, 3.05) is 13.6 Å². The average Bonchev–Trinajstić information content (AvgIpc) is 3.76. The topological polar surface area (TPSA) is 87.7 Å². The number of fused-ring (bicyclic) bond motifs is 1. The van der Waals surface area contributed by atoms with Crippen LogP contribution in [0.25, 0.3) is 0 Å². The number of aryl methyl sites for hydroxylation is 1. The van der Waals surface area contributed by atoms with Gasteiger partial charge in [0.15, 0.2) is 0 Å². The molecule has 3 amide bonds. The van der Waals surface area contributed by atoms with E-state index in [2.05, 4.69) is 10.6 Å². The number of nitrogens with zero attached hydrogens (tertiary/aromatic N) is 1. The highest BCUT2D eigenvalue weighted by Gasteiger charge is 2.39. The highest BCUT2D eigenvalue weighted by Crippen LogP contribution is 2.40. The van der Waals surface area contributed by atoms with E-state index in [1.165, 1.54) is 17.0 Å². The Morgan fingerprint density at radius 1 is 0.949 bits per heavy atom. The molecule has 0 unspecified atom stereocenters. The van der Waals surface area contributed by atoms with Crippen LogP contribution in [0, 0.1) is 17.7 Å². The van der Waals surface area contributed by atoms with Crippen LogP contribution >= 0.6 is 0 Å². The summed E-state index contributed by atoms with van der Waals surface area (Å²) in [6.07, 6.45) is 5.05. The Kier molecular flexibility index (Phi) is 9.59. The molecule has 2 aromatic carbocycles. The number of hydrogen-bond donors (Lipinski definition) is 2. The second kappa shape index (κ2) is 13.1. The number of para-hydroxylation sites is 1. The summed E-state index contributed by atoms with van der Waals surface area (Å²) < 4.78 is 19.7. The van der Waals surface area contributed by atoms with Gasteiger partial charge >= 0.3 is 0 Å². The minimum atomic E-state index is -0.858. The van der Waals surface area contributed by atoms with Crippen LogP contribution in [0.5, 0.6) is 5.75 Å². The summed E-state index contributed by atoms with van der Waals surface area (Å²) in [4.78, 5) is 41.5. The van der Waals surface area contributed by atoms with Crippen LogP contribution in [0.4, 0.5) is 4.39 Å². The highest BCUT2D eigenvalue weighted by atomic mass is 19.1. The lowest BCUT2D eigenvalue weighted by Crippen LogP contribution is -2.54. The lowest BCUT2D eigenvalue weighted by atomic mass is 9.94. The van der Waals surface area contributed by atoms with E-state index in [1.54, 1.807) is 26.1 Å². The van der Waals surface area contributed by atoms with Crippen molar-refractivity contribution in [1.82, 2.24) is 15.5 Å². The average molecular weight is 538 g/mol. The molecular weight excluding hydrogens is 497 g/mol. The molecule has 2 aliphatic rings. The number of rotatable bonds is 3. The quantitative estimate of drug-likeness (QED) is 0.619. The molecule has 2 N–H and O–H groups in total. The van der Waals surface area contributed by atoms with Crippen molar-refractivity contribution < 1.29 is 23.5 Å². The van der Waals surface area contributed by atoms with E-state index in [0.29, 0.717) is 25.3 Å². The van der Waals surface area contributed by atoms with Gasteiger partial charge in [0.2, 0.25) is 17.7 Å². The van der Waals surface area contributed by atoms with Gasteiger partial charge in [-0.1, -0.05) is 30.3 Å². The molecule has 4 atom stereocenters. The van der Waals surface area contributed by atoms with Crippen LogP contribution in [-0.2, 0) is 27.2 Å². The molecule has 1 aliphatic carbocycles. The number of carbonyl (C=O) groups is 3. The van der Waals surface area contributed by atoms with Crippen LogP contribution in [0.1, 0.15) is 57.1 Å². The first-order valence-electron chi connectivity index (χ1n) is 14.1. The van der Waals surface area contributed by atoms with Crippen LogP contribution in [-0.4, -0.2) is 54.4 Å². The molecule has 7 nitrogen and oxygen atoms in total. The number of benzene rings is 2. The Labute approximate surface area is 230 Å². The van der Waals surface area contributed by atoms with Gasteiger partial charge in [0, 0.05) is 25.9 Å². The molecule has 0 aromatic heterocycles. The van der Waals surface area contributed by atoms with E-state index in [9.17, 15) is 18.8 Å². The number of carbonyl (C=O) groups excluding carboxylic acids is 3. The van der Waals surface area contributed by atoms with E-state index in [1.807, 2.05) is 31.2 Å². The maximum absolute atomic E-state index is 13.5. The number of halogens is 1. The van der Waals surface area contributed by atoms with E-state index < -0.39 is 18.0 Å². The van der Waals surface area contributed by atoms with Crippen molar-refractivity contribution >= 4 is 17.7 Å². The van der Waals surface area contributed by atoms with E-state index in [0.717, 1.165) is 42.6 Å². The third-order valence-electron chi connectivity index (χ3n) is 7.91. The van der Waals surface area contributed by atoms with Crippen molar-refractivity contribution in [2.45, 2.75) is 77.0 Å². The largest absolute Gasteiger partial charge is 0.490 e. The molecule has 0 saturated heterocycles. The van der Waals surface area contributed by atoms with Gasteiger partial charge in [0.25, 0.3) is 0 Å². The van der Waals surface area contributed by atoms with E-state index >= 15 is 0 Å². The highest BCUT2D eigenvalue weighted by molar-refractivity contribution is 5.92. The van der Waals surface area contributed by atoms with Crippen LogP contribution in [0.3, 0.4) is 0 Å². The van der Waals surface area contributed by atoms with Crippen molar-refractivity contribution in [3.63, 3.8) is 0 Å².